The summed E-state index contributed by atoms with van der Waals surface area (Å²) in [4.78, 5) is 24.4. The van der Waals surface area contributed by atoms with Gasteiger partial charge in [0.25, 0.3) is 0 Å². The van der Waals surface area contributed by atoms with E-state index in [1.807, 2.05) is 6.92 Å². The summed E-state index contributed by atoms with van der Waals surface area (Å²) < 4.78 is 5.36. The van der Waals surface area contributed by atoms with Gasteiger partial charge in [0.05, 0.1) is 6.61 Å². The van der Waals surface area contributed by atoms with Crippen molar-refractivity contribution in [1.29, 1.82) is 0 Å². The summed E-state index contributed by atoms with van der Waals surface area (Å²) in [7, 11) is 0. The average Bonchev–Trinajstić information content (AvgIpc) is 3.34. The maximum Gasteiger partial charge on any atom is 0.313 e. The van der Waals surface area contributed by atoms with Crippen LogP contribution in [0.25, 0.3) is 0 Å². The van der Waals surface area contributed by atoms with E-state index in [0.29, 0.717) is 18.8 Å². The van der Waals surface area contributed by atoms with E-state index in [2.05, 4.69) is 27.5 Å². The molecule has 0 saturated heterocycles. The van der Waals surface area contributed by atoms with Gasteiger partial charge in [-0.2, -0.15) is 11.3 Å². The molecule has 2 N–H and O–H groups in total. The summed E-state index contributed by atoms with van der Waals surface area (Å²) in [6.45, 7) is 2.99. The van der Waals surface area contributed by atoms with E-state index in [9.17, 15) is 9.59 Å². The summed E-state index contributed by atoms with van der Waals surface area (Å²) in [5.41, 5.74) is 1.81. The Morgan fingerprint density at radius 2 is 1.85 bits per heavy atom. The van der Waals surface area contributed by atoms with Crippen LogP contribution in [0.3, 0.4) is 0 Å². The fourth-order valence-corrected chi connectivity index (χ4v) is 4.28. The first-order chi connectivity index (χ1) is 12.6. The van der Waals surface area contributed by atoms with Crippen LogP contribution >= 0.6 is 11.3 Å². The number of benzene rings is 1. The Morgan fingerprint density at radius 1 is 1.12 bits per heavy atom. The minimum Gasteiger partial charge on any atom is -0.494 e. The third-order valence-electron chi connectivity index (χ3n) is 4.91. The SMILES string of the molecule is CCOc1ccc(NC(=O)C(=O)NCC2(c3ccsc3)CCCC2)cc1. The summed E-state index contributed by atoms with van der Waals surface area (Å²) in [5, 5.41) is 9.68. The molecule has 0 aliphatic heterocycles. The number of nitrogens with one attached hydrogen (secondary N) is 2. The standard InChI is InChI=1S/C20H24N2O3S/c1-2-25-17-7-5-16(6-8-17)22-19(24)18(23)21-14-20(10-3-4-11-20)15-9-12-26-13-15/h5-9,12-13H,2-4,10-11,14H2,1H3,(H,21,23)(H,22,24). The van der Waals surface area contributed by atoms with Gasteiger partial charge in [0, 0.05) is 17.6 Å². The highest BCUT2D eigenvalue weighted by molar-refractivity contribution is 7.08. The lowest BCUT2D eigenvalue weighted by molar-refractivity contribution is -0.136. The normalized spacial score (nSPS) is 15.4. The summed E-state index contributed by atoms with van der Waals surface area (Å²) in [6.07, 6.45) is 4.41. The van der Waals surface area contributed by atoms with Crippen molar-refractivity contribution in [1.82, 2.24) is 5.32 Å². The molecule has 5 nitrogen and oxygen atoms in total. The second-order valence-electron chi connectivity index (χ2n) is 6.59. The van der Waals surface area contributed by atoms with Crippen molar-refractivity contribution >= 4 is 28.8 Å². The first-order valence-corrected chi connectivity index (χ1v) is 9.92. The molecule has 1 heterocycles. The molecule has 1 saturated carbocycles. The van der Waals surface area contributed by atoms with Gasteiger partial charge in [0.15, 0.2) is 0 Å². The first kappa shape index (κ1) is 18.5. The number of amides is 2. The van der Waals surface area contributed by atoms with Gasteiger partial charge in [-0.15, -0.1) is 0 Å². The Balaban J connectivity index is 1.56. The topological polar surface area (TPSA) is 67.4 Å². The second-order valence-corrected chi connectivity index (χ2v) is 7.37. The fraction of sp³-hybridized carbons (Fsp3) is 0.400. The van der Waals surface area contributed by atoms with Crippen LogP contribution in [-0.2, 0) is 15.0 Å². The van der Waals surface area contributed by atoms with Crippen molar-refractivity contribution in [3.05, 3.63) is 46.7 Å². The van der Waals surface area contributed by atoms with E-state index in [4.69, 9.17) is 4.74 Å². The van der Waals surface area contributed by atoms with E-state index in [0.717, 1.165) is 31.4 Å². The third-order valence-corrected chi connectivity index (χ3v) is 5.59. The van der Waals surface area contributed by atoms with Gasteiger partial charge < -0.3 is 15.4 Å². The Hall–Kier alpha value is -2.34. The maximum atomic E-state index is 12.2. The van der Waals surface area contributed by atoms with Gasteiger partial charge >= 0.3 is 11.8 Å². The lowest BCUT2D eigenvalue weighted by Crippen LogP contribution is -2.43. The van der Waals surface area contributed by atoms with Crippen LogP contribution < -0.4 is 15.4 Å². The molecular formula is C20H24N2O3S. The van der Waals surface area contributed by atoms with Crippen LogP contribution in [-0.4, -0.2) is 25.0 Å². The lowest BCUT2D eigenvalue weighted by Gasteiger charge is -2.28. The van der Waals surface area contributed by atoms with Crippen molar-refractivity contribution in [2.45, 2.75) is 38.0 Å². The molecule has 2 aromatic rings. The van der Waals surface area contributed by atoms with Crippen LogP contribution in [0.15, 0.2) is 41.1 Å². The first-order valence-electron chi connectivity index (χ1n) is 8.98. The number of carbonyl (C=O) groups excluding carboxylic acids is 2. The Labute approximate surface area is 157 Å². The number of rotatable bonds is 6. The molecule has 1 aliphatic rings. The van der Waals surface area contributed by atoms with Gasteiger partial charge in [-0.1, -0.05) is 12.8 Å². The van der Waals surface area contributed by atoms with E-state index in [1.54, 1.807) is 35.6 Å². The van der Waals surface area contributed by atoms with Crippen molar-refractivity contribution in [3.63, 3.8) is 0 Å². The Bertz CT molecular complexity index is 735. The summed E-state index contributed by atoms with van der Waals surface area (Å²) >= 11 is 1.67. The number of thiophene rings is 1. The van der Waals surface area contributed by atoms with Crippen molar-refractivity contribution in [2.24, 2.45) is 0 Å². The molecule has 138 valence electrons. The van der Waals surface area contributed by atoms with Gasteiger partial charge in [-0.05, 0) is 66.4 Å². The number of hydrogen-bond donors (Lipinski definition) is 2. The van der Waals surface area contributed by atoms with Gasteiger partial charge in [0.1, 0.15) is 5.75 Å². The highest BCUT2D eigenvalue weighted by atomic mass is 32.1. The number of carbonyl (C=O) groups is 2. The van der Waals surface area contributed by atoms with Crippen molar-refractivity contribution < 1.29 is 14.3 Å². The zero-order chi connectivity index (χ0) is 18.4. The molecule has 6 heteroatoms. The van der Waals surface area contributed by atoms with Crippen molar-refractivity contribution in [3.8, 4) is 5.75 Å². The van der Waals surface area contributed by atoms with Crippen LogP contribution in [0.2, 0.25) is 0 Å². The van der Waals surface area contributed by atoms with Crippen LogP contribution in [0, 0.1) is 0 Å². The molecule has 0 bridgehead atoms. The van der Waals surface area contributed by atoms with E-state index >= 15 is 0 Å². The van der Waals surface area contributed by atoms with E-state index < -0.39 is 11.8 Å². The van der Waals surface area contributed by atoms with E-state index in [-0.39, 0.29) is 5.41 Å². The van der Waals surface area contributed by atoms with Crippen LogP contribution in [0.5, 0.6) is 5.75 Å². The Morgan fingerprint density at radius 3 is 2.46 bits per heavy atom. The minimum atomic E-state index is -0.646. The fourth-order valence-electron chi connectivity index (χ4n) is 3.50. The van der Waals surface area contributed by atoms with E-state index in [1.165, 1.54) is 5.56 Å². The van der Waals surface area contributed by atoms with Gasteiger partial charge in [-0.3, -0.25) is 9.59 Å². The molecule has 0 radical (unpaired) electrons. The molecule has 0 atom stereocenters. The second kappa shape index (κ2) is 8.36. The maximum absolute atomic E-state index is 12.2. The monoisotopic (exact) mass is 372 g/mol. The van der Waals surface area contributed by atoms with Crippen molar-refractivity contribution in [2.75, 3.05) is 18.5 Å². The summed E-state index contributed by atoms with van der Waals surface area (Å²) in [6, 6.07) is 9.10. The summed E-state index contributed by atoms with van der Waals surface area (Å²) in [5.74, 6) is -0.512. The lowest BCUT2D eigenvalue weighted by atomic mass is 9.80. The smallest absolute Gasteiger partial charge is 0.313 e. The molecule has 1 aliphatic carbocycles. The number of anilines is 1. The Kier molecular flexibility index (Phi) is 5.93. The molecule has 1 aromatic heterocycles. The van der Waals surface area contributed by atoms with Crippen LogP contribution in [0.4, 0.5) is 5.69 Å². The molecule has 1 aromatic carbocycles. The molecule has 0 unspecified atom stereocenters. The molecule has 2 amide bonds. The van der Waals surface area contributed by atoms with Gasteiger partial charge in [0.2, 0.25) is 0 Å². The number of hydrogen-bond acceptors (Lipinski definition) is 4. The van der Waals surface area contributed by atoms with Gasteiger partial charge in [-0.25, -0.2) is 0 Å². The predicted molar refractivity (Wildman–Crippen MR) is 104 cm³/mol. The average molecular weight is 372 g/mol. The number of ether oxygens (including phenoxy) is 1. The third kappa shape index (κ3) is 4.25. The molecule has 1 fully saturated rings. The highest BCUT2D eigenvalue weighted by Gasteiger charge is 2.36. The quantitative estimate of drug-likeness (QED) is 0.760. The molecule has 26 heavy (non-hydrogen) atoms. The molecule has 0 spiro atoms. The predicted octanol–water partition coefficient (Wildman–Crippen LogP) is 3.71. The minimum absolute atomic E-state index is 0.0327. The van der Waals surface area contributed by atoms with Crippen LogP contribution in [0.1, 0.15) is 38.2 Å². The largest absolute Gasteiger partial charge is 0.494 e. The zero-order valence-electron chi connectivity index (χ0n) is 14.9. The molecular weight excluding hydrogens is 348 g/mol. The zero-order valence-corrected chi connectivity index (χ0v) is 15.7. The highest BCUT2D eigenvalue weighted by Crippen LogP contribution is 2.41. The molecule has 3 rings (SSSR count).